The Morgan fingerprint density at radius 2 is 1.92 bits per heavy atom. The number of hydrogen-bond acceptors (Lipinski definition) is 3. The largest absolute Gasteiger partial charge is 0.366 e. The monoisotopic (exact) mass is 329 g/mol. The Hall–Kier alpha value is -2.73. The minimum atomic E-state index is -0.563. The number of nitrogens with two attached hydrogens (primary N) is 1. The number of hydrogen-bond donors (Lipinski definition) is 2. The molecule has 0 saturated heterocycles. The summed E-state index contributed by atoms with van der Waals surface area (Å²) in [5, 5.41) is 2.78. The normalized spacial score (nSPS) is 10.7. The van der Waals surface area contributed by atoms with E-state index in [0.717, 1.165) is 5.56 Å². The van der Waals surface area contributed by atoms with Gasteiger partial charge < -0.3 is 16.0 Å². The van der Waals surface area contributed by atoms with Crippen LogP contribution in [0.1, 0.15) is 21.5 Å². The number of halogens is 1. The highest BCUT2D eigenvalue weighted by Gasteiger charge is 2.12. The number of nitrogens with one attached hydrogen (secondary N) is 1. The summed E-state index contributed by atoms with van der Waals surface area (Å²) in [5.74, 6) is -1.24. The molecule has 0 aliphatic carbocycles. The van der Waals surface area contributed by atoms with Gasteiger partial charge in [-0.15, -0.1) is 0 Å². The van der Waals surface area contributed by atoms with Gasteiger partial charge in [0.25, 0.3) is 0 Å². The third-order valence-corrected chi connectivity index (χ3v) is 3.41. The summed E-state index contributed by atoms with van der Waals surface area (Å²) < 4.78 is 13.2. The maximum atomic E-state index is 13.2. The van der Waals surface area contributed by atoms with Gasteiger partial charge in [-0.2, -0.15) is 0 Å². The van der Waals surface area contributed by atoms with Gasteiger partial charge in [-0.1, -0.05) is 18.2 Å². The first-order chi connectivity index (χ1) is 11.3. The molecule has 0 radical (unpaired) electrons. The van der Waals surface area contributed by atoms with Crippen LogP contribution in [0, 0.1) is 5.82 Å². The summed E-state index contributed by atoms with van der Waals surface area (Å²) in [6.45, 7) is 0.592. The predicted molar refractivity (Wildman–Crippen MR) is 91.1 cm³/mol. The van der Waals surface area contributed by atoms with Crippen molar-refractivity contribution in [3.05, 3.63) is 65.0 Å². The molecule has 2 rings (SSSR count). The lowest BCUT2D eigenvalue weighted by atomic mass is 10.1. The molecule has 2 amide bonds. The molecular formula is C18H20FN3O2. The van der Waals surface area contributed by atoms with Gasteiger partial charge in [0, 0.05) is 17.8 Å². The SMILES string of the molecule is CN(C)Cc1ccc(C(N)=O)cc1NC(=O)Cc1cccc(F)c1. The van der Waals surface area contributed by atoms with Crippen LogP contribution in [0.25, 0.3) is 0 Å². The Kier molecular flexibility index (Phi) is 5.65. The second-order valence-corrected chi connectivity index (χ2v) is 5.83. The standard InChI is InChI=1S/C18H20FN3O2/c1-22(2)11-14-7-6-13(18(20)24)10-16(14)21-17(23)9-12-4-3-5-15(19)8-12/h3-8,10H,9,11H2,1-2H3,(H2,20,24)(H,21,23). The molecule has 0 saturated carbocycles. The molecule has 0 atom stereocenters. The van der Waals surface area contributed by atoms with Crippen LogP contribution in [0.4, 0.5) is 10.1 Å². The van der Waals surface area contributed by atoms with Crippen LogP contribution < -0.4 is 11.1 Å². The fourth-order valence-corrected chi connectivity index (χ4v) is 2.35. The maximum absolute atomic E-state index is 13.2. The lowest BCUT2D eigenvalue weighted by Crippen LogP contribution is -2.19. The number of rotatable bonds is 6. The molecule has 0 unspecified atom stereocenters. The van der Waals surface area contributed by atoms with Crippen molar-refractivity contribution in [3.63, 3.8) is 0 Å². The van der Waals surface area contributed by atoms with E-state index in [2.05, 4.69) is 5.32 Å². The summed E-state index contributed by atoms with van der Waals surface area (Å²) in [4.78, 5) is 25.6. The van der Waals surface area contributed by atoms with E-state index in [1.165, 1.54) is 12.1 Å². The molecule has 5 nitrogen and oxygen atoms in total. The second-order valence-electron chi connectivity index (χ2n) is 5.83. The Morgan fingerprint density at radius 3 is 2.54 bits per heavy atom. The highest BCUT2D eigenvalue weighted by Crippen LogP contribution is 2.20. The number of carbonyl (C=O) groups is 2. The van der Waals surface area contributed by atoms with Crippen LogP contribution in [-0.4, -0.2) is 30.8 Å². The van der Waals surface area contributed by atoms with Crippen molar-refractivity contribution in [3.8, 4) is 0 Å². The van der Waals surface area contributed by atoms with E-state index in [0.29, 0.717) is 23.4 Å². The number of primary amides is 1. The van der Waals surface area contributed by atoms with Gasteiger partial charge in [-0.25, -0.2) is 4.39 Å². The molecule has 0 aliphatic rings. The Bertz CT molecular complexity index is 760. The quantitative estimate of drug-likeness (QED) is 0.853. The summed E-state index contributed by atoms with van der Waals surface area (Å²) >= 11 is 0. The van der Waals surface area contributed by atoms with Gasteiger partial charge in [-0.05, 0) is 49.5 Å². The van der Waals surface area contributed by atoms with Crippen molar-refractivity contribution >= 4 is 17.5 Å². The number of amides is 2. The zero-order valence-electron chi connectivity index (χ0n) is 13.7. The van der Waals surface area contributed by atoms with Gasteiger partial charge in [0.1, 0.15) is 5.82 Å². The highest BCUT2D eigenvalue weighted by atomic mass is 19.1. The van der Waals surface area contributed by atoms with Crippen LogP contribution in [0.5, 0.6) is 0 Å². The van der Waals surface area contributed by atoms with Crippen molar-refractivity contribution in [2.24, 2.45) is 5.73 Å². The third kappa shape index (κ3) is 4.89. The molecule has 6 heteroatoms. The number of carbonyl (C=O) groups excluding carboxylic acids is 2. The van der Waals surface area contributed by atoms with Gasteiger partial charge >= 0.3 is 0 Å². The van der Waals surface area contributed by atoms with Crippen LogP contribution in [-0.2, 0) is 17.8 Å². The number of anilines is 1. The molecule has 24 heavy (non-hydrogen) atoms. The summed E-state index contributed by atoms with van der Waals surface area (Å²) in [7, 11) is 3.81. The van der Waals surface area contributed by atoms with E-state index < -0.39 is 5.91 Å². The van der Waals surface area contributed by atoms with Crippen molar-refractivity contribution in [1.82, 2.24) is 4.90 Å². The average Bonchev–Trinajstić information content (AvgIpc) is 2.48. The van der Waals surface area contributed by atoms with E-state index in [9.17, 15) is 14.0 Å². The molecule has 3 N–H and O–H groups in total. The highest BCUT2D eigenvalue weighted by molar-refractivity contribution is 5.97. The van der Waals surface area contributed by atoms with E-state index in [1.807, 2.05) is 19.0 Å². The predicted octanol–water partition coefficient (Wildman–Crippen LogP) is 2.17. The molecule has 126 valence electrons. The summed E-state index contributed by atoms with van der Waals surface area (Å²) in [6, 6.07) is 10.8. The van der Waals surface area contributed by atoms with Gasteiger partial charge in [0.15, 0.2) is 0 Å². The first-order valence-corrected chi connectivity index (χ1v) is 7.47. The summed E-state index contributed by atoms with van der Waals surface area (Å²) in [5.41, 5.74) is 7.58. The third-order valence-electron chi connectivity index (χ3n) is 3.41. The number of benzene rings is 2. The smallest absolute Gasteiger partial charge is 0.248 e. The molecule has 0 aromatic heterocycles. The Labute approximate surface area is 140 Å². The molecule has 2 aromatic carbocycles. The zero-order chi connectivity index (χ0) is 17.7. The van der Waals surface area contributed by atoms with Gasteiger partial charge in [0.05, 0.1) is 6.42 Å². The van der Waals surface area contributed by atoms with Crippen LogP contribution >= 0.6 is 0 Å². The van der Waals surface area contributed by atoms with E-state index in [4.69, 9.17) is 5.73 Å². The van der Waals surface area contributed by atoms with Gasteiger partial charge in [-0.3, -0.25) is 9.59 Å². The van der Waals surface area contributed by atoms with Crippen molar-refractivity contribution in [2.75, 3.05) is 19.4 Å². The molecule has 0 spiro atoms. The minimum Gasteiger partial charge on any atom is -0.366 e. The van der Waals surface area contributed by atoms with Crippen LogP contribution in [0.15, 0.2) is 42.5 Å². The van der Waals surface area contributed by atoms with Crippen molar-refractivity contribution < 1.29 is 14.0 Å². The molecule has 0 fully saturated rings. The van der Waals surface area contributed by atoms with Crippen molar-refractivity contribution in [2.45, 2.75) is 13.0 Å². The van der Waals surface area contributed by atoms with E-state index in [-0.39, 0.29) is 18.1 Å². The Morgan fingerprint density at radius 1 is 1.17 bits per heavy atom. The van der Waals surface area contributed by atoms with Crippen LogP contribution in [0.2, 0.25) is 0 Å². The van der Waals surface area contributed by atoms with Gasteiger partial charge in [0.2, 0.25) is 11.8 Å². The van der Waals surface area contributed by atoms with Crippen LogP contribution in [0.3, 0.4) is 0 Å². The van der Waals surface area contributed by atoms with E-state index >= 15 is 0 Å². The molecule has 2 aromatic rings. The fourth-order valence-electron chi connectivity index (χ4n) is 2.35. The number of nitrogens with zero attached hydrogens (tertiary/aromatic N) is 1. The average molecular weight is 329 g/mol. The molecule has 0 heterocycles. The fraction of sp³-hybridized carbons (Fsp3) is 0.222. The first kappa shape index (κ1) is 17.6. The first-order valence-electron chi connectivity index (χ1n) is 7.47. The molecule has 0 bridgehead atoms. The maximum Gasteiger partial charge on any atom is 0.248 e. The topological polar surface area (TPSA) is 75.4 Å². The zero-order valence-corrected chi connectivity index (χ0v) is 13.7. The van der Waals surface area contributed by atoms with E-state index in [1.54, 1.807) is 30.3 Å². The lowest BCUT2D eigenvalue weighted by molar-refractivity contribution is -0.115. The molecule has 0 aliphatic heterocycles. The second kappa shape index (κ2) is 7.70. The lowest BCUT2D eigenvalue weighted by Gasteiger charge is -2.16. The molecular weight excluding hydrogens is 309 g/mol. The summed E-state index contributed by atoms with van der Waals surface area (Å²) in [6.07, 6.45) is 0.0416. The minimum absolute atomic E-state index is 0.0416. The Balaban J connectivity index is 2.20. The van der Waals surface area contributed by atoms with Crippen molar-refractivity contribution in [1.29, 1.82) is 0 Å².